The zero-order valence-electron chi connectivity index (χ0n) is 16.3. The number of hydrogen-bond acceptors (Lipinski definition) is 4. The van der Waals surface area contributed by atoms with Crippen molar-refractivity contribution < 1.29 is 19.1 Å². The first kappa shape index (κ1) is 18.8. The summed E-state index contributed by atoms with van der Waals surface area (Å²) < 4.78 is 11.1. The van der Waals surface area contributed by atoms with Gasteiger partial charge in [-0.15, -0.1) is 0 Å². The molecule has 3 aliphatic rings. The third-order valence-corrected chi connectivity index (χ3v) is 5.81. The molecule has 28 heavy (non-hydrogen) atoms. The number of fused-ring (bicyclic) bond motifs is 1. The molecule has 3 heterocycles. The highest BCUT2D eigenvalue weighted by atomic mass is 16.6. The van der Waals surface area contributed by atoms with Gasteiger partial charge in [0, 0.05) is 38.2 Å². The van der Waals surface area contributed by atoms with Crippen LogP contribution < -0.4 is 9.47 Å². The number of hydrogen-bond donors (Lipinski definition) is 0. The van der Waals surface area contributed by atoms with Crippen molar-refractivity contribution in [1.82, 2.24) is 9.80 Å². The maximum Gasteiger partial charge on any atom is 0.246 e. The Hall–Kier alpha value is -2.50. The van der Waals surface area contributed by atoms with E-state index in [1.807, 2.05) is 34.1 Å². The molecule has 0 N–H and O–H groups in total. The molecule has 2 fully saturated rings. The van der Waals surface area contributed by atoms with E-state index in [4.69, 9.17) is 9.47 Å². The van der Waals surface area contributed by atoms with E-state index in [2.05, 4.69) is 0 Å². The van der Waals surface area contributed by atoms with Crippen LogP contribution >= 0.6 is 0 Å². The molecule has 6 heteroatoms. The second-order valence-electron chi connectivity index (χ2n) is 7.72. The van der Waals surface area contributed by atoms with Gasteiger partial charge in [-0.1, -0.05) is 6.07 Å². The van der Waals surface area contributed by atoms with E-state index in [0.717, 1.165) is 55.8 Å². The molecule has 2 amide bonds. The second kappa shape index (κ2) is 8.67. The molecule has 3 aliphatic heterocycles. The number of rotatable bonds is 3. The zero-order valence-corrected chi connectivity index (χ0v) is 16.3. The van der Waals surface area contributed by atoms with E-state index in [1.165, 1.54) is 6.42 Å². The van der Waals surface area contributed by atoms with Crippen LogP contribution in [-0.2, 0) is 9.59 Å². The summed E-state index contributed by atoms with van der Waals surface area (Å²) in [5, 5.41) is 0. The minimum absolute atomic E-state index is 0.00115. The Balaban J connectivity index is 1.29. The van der Waals surface area contributed by atoms with Gasteiger partial charge in [-0.2, -0.15) is 0 Å². The van der Waals surface area contributed by atoms with Crippen LogP contribution in [0, 0.1) is 5.92 Å². The zero-order chi connectivity index (χ0) is 19.3. The molecule has 0 aliphatic carbocycles. The second-order valence-corrected chi connectivity index (χ2v) is 7.72. The van der Waals surface area contributed by atoms with Crippen LogP contribution in [0.3, 0.4) is 0 Å². The molecule has 0 saturated carbocycles. The van der Waals surface area contributed by atoms with Crippen molar-refractivity contribution in [1.29, 1.82) is 0 Å². The van der Waals surface area contributed by atoms with Gasteiger partial charge in [0.15, 0.2) is 11.5 Å². The maximum atomic E-state index is 12.6. The standard InChI is InChI=1S/C22H28N2O4/c25-21(7-5-17-4-6-19-20(16-17)28-15-14-27-19)23-12-8-18(9-13-23)22(26)24-10-2-1-3-11-24/h4-7,16,18H,1-3,8-15H2/b7-5+. The summed E-state index contributed by atoms with van der Waals surface area (Å²) in [6, 6.07) is 5.68. The van der Waals surface area contributed by atoms with Crippen LogP contribution in [-0.4, -0.2) is 61.0 Å². The average molecular weight is 384 g/mol. The molecular formula is C22H28N2O4. The van der Waals surface area contributed by atoms with Crippen molar-refractivity contribution in [2.45, 2.75) is 32.1 Å². The Morgan fingerprint density at radius 3 is 2.36 bits per heavy atom. The Labute approximate surface area is 166 Å². The lowest BCUT2D eigenvalue weighted by Crippen LogP contribution is -2.45. The summed E-state index contributed by atoms with van der Waals surface area (Å²) in [5.74, 6) is 1.83. The fourth-order valence-electron chi connectivity index (χ4n) is 4.16. The summed E-state index contributed by atoms with van der Waals surface area (Å²) >= 11 is 0. The van der Waals surface area contributed by atoms with E-state index in [-0.39, 0.29) is 11.8 Å². The quantitative estimate of drug-likeness (QED) is 0.752. The average Bonchev–Trinajstić information content (AvgIpc) is 2.77. The number of benzene rings is 1. The van der Waals surface area contributed by atoms with Gasteiger partial charge in [-0.25, -0.2) is 0 Å². The number of nitrogens with zero attached hydrogens (tertiary/aromatic N) is 2. The fraction of sp³-hybridized carbons (Fsp3) is 0.545. The van der Waals surface area contributed by atoms with Crippen LogP contribution in [0.25, 0.3) is 6.08 Å². The van der Waals surface area contributed by atoms with Crippen molar-refractivity contribution >= 4 is 17.9 Å². The molecule has 1 aromatic carbocycles. The van der Waals surface area contributed by atoms with Crippen LogP contribution in [0.4, 0.5) is 0 Å². The topological polar surface area (TPSA) is 59.1 Å². The van der Waals surface area contributed by atoms with Crippen LogP contribution in [0.5, 0.6) is 11.5 Å². The van der Waals surface area contributed by atoms with Gasteiger partial charge in [0.2, 0.25) is 11.8 Å². The Morgan fingerprint density at radius 2 is 1.61 bits per heavy atom. The van der Waals surface area contributed by atoms with Crippen LogP contribution in [0.1, 0.15) is 37.7 Å². The number of piperidine rings is 2. The predicted molar refractivity (Wildman–Crippen MR) is 106 cm³/mol. The molecular weight excluding hydrogens is 356 g/mol. The molecule has 0 atom stereocenters. The molecule has 0 aromatic heterocycles. The highest BCUT2D eigenvalue weighted by molar-refractivity contribution is 5.92. The lowest BCUT2D eigenvalue weighted by atomic mass is 9.94. The largest absolute Gasteiger partial charge is 0.486 e. The van der Waals surface area contributed by atoms with Crippen molar-refractivity contribution in [3.8, 4) is 11.5 Å². The molecule has 0 unspecified atom stereocenters. The number of likely N-dealkylation sites (tertiary alicyclic amines) is 2. The maximum absolute atomic E-state index is 12.6. The molecule has 0 spiro atoms. The van der Waals surface area contributed by atoms with Gasteiger partial charge in [0.25, 0.3) is 0 Å². The fourth-order valence-corrected chi connectivity index (χ4v) is 4.16. The van der Waals surface area contributed by atoms with E-state index in [9.17, 15) is 9.59 Å². The summed E-state index contributed by atoms with van der Waals surface area (Å²) in [6.45, 7) is 4.21. The number of carbonyl (C=O) groups excluding carboxylic acids is 2. The van der Waals surface area contributed by atoms with Gasteiger partial charge < -0.3 is 19.3 Å². The van der Waals surface area contributed by atoms with Crippen LogP contribution in [0.15, 0.2) is 24.3 Å². The minimum atomic E-state index is -0.00115. The number of ether oxygens (including phenoxy) is 2. The number of carbonyl (C=O) groups is 2. The molecule has 6 nitrogen and oxygen atoms in total. The Kier molecular flexibility index (Phi) is 5.84. The molecule has 0 radical (unpaired) electrons. The summed E-state index contributed by atoms with van der Waals surface area (Å²) in [5.41, 5.74) is 0.910. The normalized spacial score (nSPS) is 20.4. The number of amides is 2. The minimum Gasteiger partial charge on any atom is -0.486 e. The highest BCUT2D eigenvalue weighted by Gasteiger charge is 2.30. The molecule has 2 saturated heterocycles. The third kappa shape index (κ3) is 4.32. The summed E-state index contributed by atoms with van der Waals surface area (Å²) in [6.07, 6.45) is 8.41. The van der Waals surface area contributed by atoms with E-state index in [0.29, 0.717) is 32.2 Å². The van der Waals surface area contributed by atoms with Gasteiger partial charge in [0.05, 0.1) is 0 Å². The van der Waals surface area contributed by atoms with Crippen molar-refractivity contribution in [3.63, 3.8) is 0 Å². The SMILES string of the molecule is O=C(/C=C/c1ccc2c(c1)OCCO2)N1CCC(C(=O)N2CCCCC2)CC1. The van der Waals surface area contributed by atoms with Crippen molar-refractivity contribution in [2.24, 2.45) is 5.92 Å². The highest BCUT2D eigenvalue weighted by Crippen LogP contribution is 2.31. The third-order valence-electron chi connectivity index (χ3n) is 5.81. The first-order valence-electron chi connectivity index (χ1n) is 10.4. The first-order valence-corrected chi connectivity index (χ1v) is 10.4. The Morgan fingerprint density at radius 1 is 0.893 bits per heavy atom. The van der Waals surface area contributed by atoms with E-state index in [1.54, 1.807) is 6.08 Å². The lowest BCUT2D eigenvalue weighted by Gasteiger charge is -2.35. The molecule has 0 bridgehead atoms. The smallest absolute Gasteiger partial charge is 0.246 e. The molecule has 1 aromatic rings. The lowest BCUT2D eigenvalue weighted by molar-refractivity contribution is -0.140. The van der Waals surface area contributed by atoms with Crippen molar-refractivity contribution in [2.75, 3.05) is 39.4 Å². The van der Waals surface area contributed by atoms with Crippen LogP contribution in [0.2, 0.25) is 0 Å². The first-order chi connectivity index (χ1) is 13.7. The monoisotopic (exact) mass is 384 g/mol. The molecule has 4 rings (SSSR count). The van der Waals surface area contributed by atoms with Gasteiger partial charge >= 0.3 is 0 Å². The molecule has 150 valence electrons. The summed E-state index contributed by atoms with van der Waals surface area (Å²) in [7, 11) is 0. The Bertz CT molecular complexity index is 747. The summed E-state index contributed by atoms with van der Waals surface area (Å²) in [4.78, 5) is 29.0. The van der Waals surface area contributed by atoms with Crippen molar-refractivity contribution in [3.05, 3.63) is 29.8 Å². The van der Waals surface area contributed by atoms with E-state index >= 15 is 0 Å². The van der Waals surface area contributed by atoms with Gasteiger partial charge in [0.1, 0.15) is 13.2 Å². The van der Waals surface area contributed by atoms with Gasteiger partial charge in [-0.3, -0.25) is 9.59 Å². The van der Waals surface area contributed by atoms with Gasteiger partial charge in [-0.05, 0) is 55.9 Å². The van der Waals surface area contributed by atoms with E-state index < -0.39 is 0 Å². The predicted octanol–water partition coefficient (Wildman–Crippen LogP) is 2.72.